The summed E-state index contributed by atoms with van der Waals surface area (Å²) in [5.41, 5.74) is 1.68. The maximum Gasteiger partial charge on any atom is 0.335 e. The number of hydrogen-bond donors (Lipinski definition) is 2. The number of hydrogen-bond acceptors (Lipinski definition) is 3. The molecule has 1 amide bonds. The monoisotopic (exact) mass is 349 g/mol. The van der Waals surface area contributed by atoms with Crippen molar-refractivity contribution in [3.63, 3.8) is 0 Å². The molecule has 0 atom stereocenters. The maximum atomic E-state index is 12.4. The molecule has 0 fully saturated rings. The average Bonchev–Trinajstić information content (AvgIpc) is 2.80. The van der Waals surface area contributed by atoms with Crippen LogP contribution in [-0.2, 0) is 12.8 Å². The zero-order chi connectivity index (χ0) is 16.4. The largest absolute Gasteiger partial charge is 0.478 e. The third-order valence-electron chi connectivity index (χ3n) is 3.93. The zero-order valence-electron chi connectivity index (χ0n) is 12.4. The number of carbonyl (C=O) groups is 2. The Balaban J connectivity index is 1.82. The lowest BCUT2D eigenvalue weighted by atomic mass is 10.1. The van der Waals surface area contributed by atoms with E-state index in [1.54, 1.807) is 0 Å². The number of halogens is 1. The lowest BCUT2D eigenvalue weighted by molar-refractivity contribution is 0.0696. The summed E-state index contributed by atoms with van der Waals surface area (Å²) in [6.07, 6.45) is 5.62. The minimum absolute atomic E-state index is 0.0895. The molecule has 1 aromatic heterocycles. The van der Waals surface area contributed by atoms with Gasteiger partial charge in [0.25, 0.3) is 5.91 Å². The normalized spacial score (nSPS) is 14.0. The van der Waals surface area contributed by atoms with Gasteiger partial charge in [-0.15, -0.1) is 11.3 Å². The van der Waals surface area contributed by atoms with Crippen LogP contribution in [0.4, 0.5) is 5.69 Å². The van der Waals surface area contributed by atoms with E-state index in [0.717, 1.165) is 19.3 Å². The summed E-state index contributed by atoms with van der Waals surface area (Å²) in [6.45, 7) is 0. The lowest BCUT2D eigenvalue weighted by Gasteiger charge is -2.07. The van der Waals surface area contributed by atoms with Gasteiger partial charge in [-0.2, -0.15) is 0 Å². The van der Waals surface area contributed by atoms with Gasteiger partial charge < -0.3 is 10.4 Å². The molecule has 0 aliphatic heterocycles. The molecule has 2 N–H and O–H groups in total. The van der Waals surface area contributed by atoms with Crippen molar-refractivity contribution in [1.29, 1.82) is 0 Å². The molecule has 120 valence electrons. The van der Waals surface area contributed by atoms with Crippen LogP contribution >= 0.6 is 22.9 Å². The van der Waals surface area contributed by atoms with Gasteiger partial charge in [-0.05, 0) is 55.5 Å². The Morgan fingerprint density at radius 1 is 1.13 bits per heavy atom. The second-order valence-corrected chi connectivity index (χ2v) is 7.12. The second-order valence-electron chi connectivity index (χ2n) is 5.57. The van der Waals surface area contributed by atoms with E-state index in [0.29, 0.717) is 15.6 Å². The predicted octanol–water partition coefficient (Wildman–Crippen LogP) is 4.62. The van der Waals surface area contributed by atoms with Crippen LogP contribution in [0.25, 0.3) is 0 Å². The van der Waals surface area contributed by atoms with Crippen molar-refractivity contribution in [3.8, 4) is 0 Å². The van der Waals surface area contributed by atoms with Crippen molar-refractivity contribution in [2.45, 2.75) is 32.1 Å². The number of amides is 1. The van der Waals surface area contributed by atoms with E-state index < -0.39 is 5.97 Å². The van der Waals surface area contributed by atoms with Gasteiger partial charge in [0.15, 0.2) is 0 Å². The number of aryl methyl sites for hydroxylation is 2. The second kappa shape index (κ2) is 6.72. The van der Waals surface area contributed by atoms with Crippen molar-refractivity contribution < 1.29 is 14.7 Å². The Labute approximate surface area is 143 Å². The number of anilines is 1. The van der Waals surface area contributed by atoms with E-state index in [1.807, 2.05) is 6.07 Å². The Hall–Kier alpha value is -1.85. The summed E-state index contributed by atoms with van der Waals surface area (Å²) in [5, 5.41) is 12.1. The Morgan fingerprint density at radius 2 is 1.91 bits per heavy atom. The quantitative estimate of drug-likeness (QED) is 0.794. The van der Waals surface area contributed by atoms with Crippen molar-refractivity contribution in [1.82, 2.24) is 0 Å². The average molecular weight is 350 g/mol. The van der Waals surface area contributed by atoms with E-state index in [9.17, 15) is 9.59 Å². The number of benzene rings is 1. The minimum Gasteiger partial charge on any atom is -0.478 e. The minimum atomic E-state index is -1.06. The molecule has 6 heteroatoms. The van der Waals surface area contributed by atoms with E-state index >= 15 is 0 Å². The summed E-state index contributed by atoms with van der Waals surface area (Å²) in [5.74, 6) is -1.30. The van der Waals surface area contributed by atoms with Gasteiger partial charge in [0, 0.05) is 4.88 Å². The standard InChI is InChI=1S/C17H16ClNO3S/c18-12-7-6-11(17(21)22)8-13(12)19-16(20)15-9-10-4-2-1-3-5-14(10)23-15/h6-9H,1-5H2,(H,19,20)(H,21,22). The summed E-state index contributed by atoms with van der Waals surface area (Å²) in [7, 11) is 0. The molecule has 1 aliphatic rings. The first-order chi connectivity index (χ1) is 11.0. The molecule has 3 rings (SSSR count). The highest BCUT2D eigenvalue weighted by Gasteiger charge is 2.17. The van der Waals surface area contributed by atoms with Gasteiger partial charge in [0.05, 0.1) is 21.2 Å². The summed E-state index contributed by atoms with van der Waals surface area (Å²) in [6, 6.07) is 6.22. The maximum absolute atomic E-state index is 12.4. The highest BCUT2D eigenvalue weighted by molar-refractivity contribution is 7.14. The molecule has 0 saturated carbocycles. The highest BCUT2D eigenvalue weighted by Crippen LogP contribution is 2.30. The summed E-state index contributed by atoms with van der Waals surface area (Å²) >= 11 is 7.57. The molecule has 0 saturated heterocycles. The Bertz CT molecular complexity index is 746. The van der Waals surface area contributed by atoms with Gasteiger partial charge >= 0.3 is 5.97 Å². The van der Waals surface area contributed by atoms with E-state index in [1.165, 1.54) is 52.8 Å². The van der Waals surface area contributed by atoms with E-state index in [-0.39, 0.29) is 11.5 Å². The van der Waals surface area contributed by atoms with Crippen LogP contribution in [0.2, 0.25) is 5.02 Å². The van der Waals surface area contributed by atoms with Crippen molar-refractivity contribution >= 4 is 40.5 Å². The first-order valence-corrected chi connectivity index (χ1v) is 8.70. The SMILES string of the molecule is O=C(O)c1ccc(Cl)c(NC(=O)c2cc3c(s2)CCCCC3)c1. The topological polar surface area (TPSA) is 66.4 Å². The molecular weight excluding hydrogens is 334 g/mol. The molecule has 0 unspecified atom stereocenters. The number of thiophene rings is 1. The number of rotatable bonds is 3. The van der Waals surface area contributed by atoms with Gasteiger partial charge in [0.2, 0.25) is 0 Å². The van der Waals surface area contributed by atoms with Crippen LogP contribution in [0.15, 0.2) is 24.3 Å². The van der Waals surface area contributed by atoms with E-state index in [4.69, 9.17) is 16.7 Å². The molecule has 4 nitrogen and oxygen atoms in total. The van der Waals surface area contributed by atoms with Crippen LogP contribution in [0.1, 0.15) is 49.7 Å². The molecular formula is C17H16ClNO3S. The van der Waals surface area contributed by atoms with Gasteiger partial charge in [-0.1, -0.05) is 18.0 Å². The molecule has 0 radical (unpaired) electrons. The fourth-order valence-electron chi connectivity index (χ4n) is 2.72. The van der Waals surface area contributed by atoms with Crippen LogP contribution < -0.4 is 5.32 Å². The summed E-state index contributed by atoms with van der Waals surface area (Å²) < 4.78 is 0. The third kappa shape index (κ3) is 3.57. The fraction of sp³-hybridized carbons (Fsp3) is 0.294. The number of carbonyl (C=O) groups excluding carboxylic acids is 1. The number of nitrogens with one attached hydrogen (secondary N) is 1. The third-order valence-corrected chi connectivity index (χ3v) is 5.50. The summed E-state index contributed by atoms with van der Waals surface area (Å²) in [4.78, 5) is 25.4. The number of carboxylic acids is 1. The van der Waals surface area contributed by atoms with E-state index in [2.05, 4.69) is 5.32 Å². The van der Waals surface area contributed by atoms with Gasteiger partial charge in [-0.25, -0.2) is 4.79 Å². The zero-order valence-corrected chi connectivity index (χ0v) is 14.0. The van der Waals surface area contributed by atoms with Crippen molar-refractivity contribution in [2.24, 2.45) is 0 Å². The first-order valence-electron chi connectivity index (χ1n) is 7.50. The Morgan fingerprint density at radius 3 is 2.70 bits per heavy atom. The van der Waals surface area contributed by atoms with Crippen molar-refractivity contribution in [2.75, 3.05) is 5.32 Å². The molecule has 0 bridgehead atoms. The molecule has 1 aliphatic carbocycles. The number of carboxylic acid groups (broad SMARTS) is 1. The smallest absolute Gasteiger partial charge is 0.335 e. The molecule has 1 heterocycles. The molecule has 1 aromatic carbocycles. The van der Waals surface area contributed by atoms with Crippen LogP contribution in [0, 0.1) is 0 Å². The van der Waals surface area contributed by atoms with Gasteiger partial charge in [-0.3, -0.25) is 4.79 Å². The van der Waals surface area contributed by atoms with Crippen LogP contribution in [0.3, 0.4) is 0 Å². The van der Waals surface area contributed by atoms with Gasteiger partial charge in [0.1, 0.15) is 0 Å². The number of fused-ring (bicyclic) bond motifs is 1. The van der Waals surface area contributed by atoms with Crippen LogP contribution in [-0.4, -0.2) is 17.0 Å². The lowest BCUT2D eigenvalue weighted by Crippen LogP contribution is -2.11. The van der Waals surface area contributed by atoms with Crippen LogP contribution in [0.5, 0.6) is 0 Å². The van der Waals surface area contributed by atoms with Crippen molar-refractivity contribution in [3.05, 3.63) is 50.2 Å². The fourth-order valence-corrected chi connectivity index (χ4v) is 4.03. The first kappa shape index (κ1) is 16.0. The molecule has 0 spiro atoms. The highest BCUT2D eigenvalue weighted by atomic mass is 35.5. The molecule has 23 heavy (non-hydrogen) atoms. The molecule has 2 aromatic rings. The Kier molecular flexibility index (Phi) is 4.68. The number of aromatic carboxylic acids is 1. The predicted molar refractivity (Wildman–Crippen MR) is 91.9 cm³/mol.